The molecular formula is C21H19BrN2O. The first-order valence-corrected chi connectivity index (χ1v) is 9.20. The van der Waals surface area contributed by atoms with Crippen molar-refractivity contribution in [2.75, 3.05) is 0 Å². The van der Waals surface area contributed by atoms with Gasteiger partial charge >= 0.3 is 0 Å². The van der Waals surface area contributed by atoms with Crippen LogP contribution in [0.2, 0.25) is 0 Å². The van der Waals surface area contributed by atoms with Gasteiger partial charge in [-0.1, -0.05) is 60.1 Å². The summed E-state index contributed by atoms with van der Waals surface area (Å²) in [6, 6.07) is 18.1. The molecule has 0 amide bonds. The second-order valence-electron chi connectivity index (χ2n) is 7.37. The van der Waals surface area contributed by atoms with Gasteiger partial charge in [-0.15, -0.1) is 0 Å². The molecule has 0 unspecified atom stereocenters. The molecule has 0 spiro atoms. The first-order chi connectivity index (χ1) is 11.9. The molecule has 126 valence electrons. The van der Waals surface area contributed by atoms with Crippen LogP contribution in [0.25, 0.3) is 16.9 Å². The Kier molecular flexibility index (Phi) is 3.88. The van der Waals surface area contributed by atoms with Crippen molar-refractivity contribution in [3.05, 3.63) is 70.3 Å². The topological polar surface area (TPSA) is 34.9 Å². The average Bonchev–Trinajstić information content (AvgIpc) is 2.94. The molecule has 0 bridgehead atoms. The molecule has 0 aliphatic heterocycles. The van der Waals surface area contributed by atoms with Crippen molar-refractivity contribution in [2.45, 2.75) is 26.7 Å². The Morgan fingerprint density at radius 2 is 1.80 bits per heavy atom. The van der Waals surface area contributed by atoms with Gasteiger partial charge in [-0.3, -0.25) is 4.79 Å². The minimum absolute atomic E-state index is 0.0471. The quantitative estimate of drug-likeness (QED) is 0.578. The maximum absolute atomic E-state index is 13.0. The van der Waals surface area contributed by atoms with Crippen LogP contribution in [0, 0.1) is 5.41 Å². The molecule has 0 atom stereocenters. The standard InChI is InChI=1S/C21H19BrN2O/c1-21(2)12-17-19(18(25)13-21)20(14-7-6-8-15(22)11-14)24(23-17)16-9-4-3-5-10-16/h3-11H,12-13H2,1-2H3. The minimum Gasteiger partial charge on any atom is -0.294 e. The molecule has 3 nitrogen and oxygen atoms in total. The van der Waals surface area contributed by atoms with E-state index in [9.17, 15) is 4.79 Å². The lowest BCUT2D eigenvalue weighted by Crippen LogP contribution is -2.26. The Bertz CT molecular complexity index is 957. The zero-order valence-corrected chi connectivity index (χ0v) is 15.9. The number of Topliss-reactive ketones (excluding diaryl/α,β-unsaturated/α-hetero) is 1. The van der Waals surface area contributed by atoms with Gasteiger partial charge in [0.2, 0.25) is 0 Å². The van der Waals surface area contributed by atoms with Crippen LogP contribution in [-0.4, -0.2) is 15.6 Å². The molecule has 2 aromatic carbocycles. The summed E-state index contributed by atoms with van der Waals surface area (Å²) in [5.41, 5.74) is 4.50. The lowest BCUT2D eigenvalue weighted by atomic mass is 9.75. The molecule has 1 heterocycles. The van der Waals surface area contributed by atoms with Crippen LogP contribution in [0.1, 0.15) is 36.3 Å². The van der Waals surface area contributed by atoms with Crippen molar-refractivity contribution >= 4 is 21.7 Å². The summed E-state index contributed by atoms with van der Waals surface area (Å²) in [5.74, 6) is 0.184. The second kappa shape index (κ2) is 5.95. The number of rotatable bonds is 2. The molecule has 3 aromatic rings. The number of hydrogen-bond acceptors (Lipinski definition) is 2. The average molecular weight is 395 g/mol. The molecule has 0 saturated carbocycles. The van der Waals surface area contributed by atoms with Gasteiger partial charge in [0, 0.05) is 16.5 Å². The Morgan fingerprint density at radius 3 is 2.52 bits per heavy atom. The van der Waals surface area contributed by atoms with Gasteiger partial charge in [-0.2, -0.15) is 5.10 Å². The number of aromatic nitrogens is 2. The maximum Gasteiger partial charge on any atom is 0.167 e. The minimum atomic E-state index is -0.0471. The normalized spacial score (nSPS) is 15.9. The molecular weight excluding hydrogens is 376 g/mol. The van der Waals surface area contributed by atoms with E-state index in [1.807, 2.05) is 59.3 Å². The molecule has 0 N–H and O–H groups in total. The van der Waals surface area contributed by atoms with E-state index in [0.717, 1.165) is 39.1 Å². The highest BCUT2D eigenvalue weighted by molar-refractivity contribution is 9.10. The van der Waals surface area contributed by atoms with Gasteiger partial charge in [0.15, 0.2) is 5.78 Å². The predicted octanol–water partition coefficient (Wildman–Crippen LogP) is 5.46. The molecule has 4 heteroatoms. The number of ketones is 1. The lowest BCUT2D eigenvalue weighted by molar-refractivity contribution is 0.0912. The third-order valence-electron chi connectivity index (χ3n) is 4.62. The third-order valence-corrected chi connectivity index (χ3v) is 5.11. The monoisotopic (exact) mass is 394 g/mol. The molecule has 0 radical (unpaired) electrons. The van der Waals surface area contributed by atoms with Crippen molar-refractivity contribution in [1.29, 1.82) is 0 Å². The number of fused-ring (bicyclic) bond motifs is 1. The first-order valence-electron chi connectivity index (χ1n) is 8.41. The van der Waals surface area contributed by atoms with E-state index in [2.05, 4.69) is 29.8 Å². The van der Waals surface area contributed by atoms with Crippen LogP contribution in [0.3, 0.4) is 0 Å². The zero-order chi connectivity index (χ0) is 17.6. The summed E-state index contributed by atoms with van der Waals surface area (Å²) in [7, 11) is 0. The van der Waals surface area contributed by atoms with Crippen LogP contribution >= 0.6 is 15.9 Å². The fraction of sp³-hybridized carbons (Fsp3) is 0.238. The maximum atomic E-state index is 13.0. The van der Waals surface area contributed by atoms with Gasteiger partial charge in [0.1, 0.15) is 0 Å². The van der Waals surface area contributed by atoms with Crippen LogP contribution in [-0.2, 0) is 6.42 Å². The number of nitrogens with zero attached hydrogens (tertiary/aromatic N) is 2. The third kappa shape index (κ3) is 2.95. The van der Waals surface area contributed by atoms with E-state index in [1.54, 1.807) is 0 Å². The summed E-state index contributed by atoms with van der Waals surface area (Å²) in [5, 5.41) is 4.85. The molecule has 0 saturated heterocycles. The molecule has 0 fully saturated rings. The highest BCUT2D eigenvalue weighted by atomic mass is 79.9. The van der Waals surface area contributed by atoms with E-state index in [0.29, 0.717) is 6.42 Å². The molecule has 4 rings (SSSR count). The van der Waals surface area contributed by atoms with Crippen molar-refractivity contribution in [1.82, 2.24) is 9.78 Å². The largest absolute Gasteiger partial charge is 0.294 e. The summed E-state index contributed by atoms with van der Waals surface area (Å²) < 4.78 is 2.91. The Morgan fingerprint density at radius 1 is 1.04 bits per heavy atom. The van der Waals surface area contributed by atoms with E-state index in [-0.39, 0.29) is 11.2 Å². The SMILES string of the molecule is CC1(C)CC(=O)c2c(nn(-c3ccccc3)c2-c2cccc(Br)c2)C1. The zero-order valence-electron chi connectivity index (χ0n) is 14.3. The summed E-state index contributed by atoms with van der Waals surface area (Å²) in [4.78, 5) is 13.0. The highest BCUT2D eigenvalue weighted by Gasteiger charge is 2.36. The summed E-state index contributed by atoms with van der Waals surface area (Å²) in [6.07, 6.45) is 1.37. The highest BCUT2D eigenvalue weighted by Crippen LogP contribution is 2.40. The Hall–Kier alpha value is -2.20. The smallest absolute Gasteiger partial charge is 0.167 e. The van der Waals surface area contributed by atoms with E-state index >= 15 is 0 Å². The number of hydrogen-bond donors (Lipinski definition) is 0. The van der Waals surface area contributed by atoms with Crippen LogP contribution in [0.15, 0.2) is 59.1 Å². The van der Waals surface area contributed by atoms with Gasteiger partial charge < -0.3 is 0 Å². The number of benzene rings is 2. The lowest BCUT2D eigenvalue weighted by Gasteiger charge is -2.27. The molecule has 1 aromatic heterocycles. The molecule has 25 heavy (non-hydrogen) atoms. The van der Waals surface area contributed by atoms with E-state index < -0.39 is 0 Å². The molecule has 1 aliphatic rings. The van der Waals surface area contributed by atoms with Crippen LogP contribution in [0.5, 0.6) is 0 Å². The Labute approximate surface area is 155 Å². The van der Waals surface area contributed by atoms with Gasteiger partial charge in [0.05, 0.1) is 22.6 Å². The fourth-order valence-corrected chi connectivity index (χ4v) is 3.98. The van der Waals surface area contributed by atoms with Crippen LogP contribution in [0.4, 0.5) is 0 Å². The number of halogens is 1. The van der Waals surface area contributed by atoms with Gasteiger partial charge in [-0.05, 0) is 36.1 Å². The first kappa shape index (κ1) is 16.3. The van der Waals surface area contributed by atoms with E-state index in [1.165, 1.54) is 0 Å². The van der Waals surface area contributed by atoms with Crippen molar-refractivity contribution < 1.29 is 4.79 Å². The number of para-hydroxylation sites is 1. The van der Waals surface area contributed by atoms with Crippen LogP contribution < -0.4 is 0 Å². The Balaban J connectivity index is 2.01. The molecule has 1 aliphatic carbocycles. The summed E-state index contributed by atoms with van der Waals surface area (Å²) >= 11 is 3.54. The predicted molar refractivity (Wildman–Crippen MR) is 103 cm³/mol. The van der Waals surface area contributed by atoms with Crippen molar-refractivity contribution in [3.8, 4) is 16.9 Å². The number of carbonyl (C=O) groups is 1. The second-order valence-corrected chi connectivity index (χ2v) is 8.28. The number of carbonyl (C=O) groups excluding carboxylic acids is 1. The summed E-state index contributed by atoms with van der Waals surface area (Å²) in [6.45, 7) is 4.27. The van der Waals surface area contributed by atoms with Crippen molar-refractivity contribution in [3.63, 3.8) is 0 Å². The van der Waals surface area contributed by atoms with E-state index in [4.69, 9.17) is 5.10 Å². The van der Waals surface area contributed by atoms with Gasteiger partial charge in [-0.25, -0.2) is 4.68 Å². The van der Waals surface area contributed by atoms with Gasteiger partial charge in [0.25, 0.3) is 0 Å². The van der Waals surface area contributed by atoms with Crippen molar-refractivity contribution in [2.24, 2.45) is 5.41 Å². The fourth-order valence-electron chi connectivity index (χ4n) is 3.58.